The van der Waals surface area contributed by atoms with Crippen LogP contribution in [0.3, 0.4) is 0 Å². The Morgan fingerprint density at radius 3 is 2.92 bits per heavy atom. The average molecular weight is 202 g/mol. The Balaban J connectivity index is 3.07. The maximum Gasteiger partial charge on any atom is 0.235 e. The molecule has 0 saturated carbocycles. The predicted molar refractivity (Wildman–Crippen MR) is 44.9 cm³/mol. The fraction of sp³-hybridized carbons (Fsp3) is 0.125. The van der Waals surface area contributed by atoms with Gasteiger partial charge in [0.1, 0.15) is 11.6 Å². The van der Waals surface area contributed by atoms with E-state index in [4.69, 9.17) is 16.7 Å². The summed E-state index contributed by atoms with van der Waals surface area (Å²) in [6, 6.07) is 2.09. The lowest BCUT2D eigenvalue weighted by Gasteiger charge is -2.01. The van der Waals surface area contributed by atoms with Crippen LogP contribution in [0.25, 0.3) is 0 Å². The zero-order valence-corrected chi connectivity index (χ0v) is 7.18. The van der Waals surface area contributed by atoms with Crippen molar-refractivity contribution in [2.45, 2.75) is 6.54 Å². The summed E-state index contributed by atoms with van der Waals surface area (Å²) >= 11 is 5.51. The van der Waals surface area contributed by atoms with Gasteiger partial charge in [0.05, 0.1) is 11.6 Å². The van der Waals surface area contributed by atoms with E-state index in [1.165, 1.54) is 12.1 Å². The van der Waals surface area contributed by atoms with Crippen molar-refractivity contribution in [2.75, 3.05) is 0 Å². The summed E-state index contributed by atoms with van der Waals surface area (Å²) in [5.74, 6) is -0.987. The number of aromatic hydroxyl groups is 1. The van der Waals surface area contributed by atoms with Crippen molar-refractivity contribution < 1.29 is 14.3 Å². The van der Waals surface area contributed by atoms with E-state index in [0.717, 1.165) is 6.07 Å². The molecule has 0 aliphatic heterocycles. The minimum absolute atomic E-state index is 0.0255. The Morgan fingerprint density at radius 1 is 1.62 bits per heavy atom. The number of rotatable bonds is 2. The van der Waals surface area contributed by atoms with Gasteiger partial charge in [0.25, 0.3) is 0 Å². The Labute approximate surface area is 78.5 Å². The van der Waals surface area contributed by atoms with Crippen molar-refractivity contribution in [3.63, 3.8) is 0 Å². The highest BCUT2D eigenvalue weighted by atomic mass is 35.5. The first-order chi connectivity index (χ1) is 6.15. The summed E-state index contributed by atoms with van der Waals surface area (Å²) in [5, 5.41) is 9.00. The lowest BCUT2D eigenvalue weighted by atomic mass is 10.2. The molecule has 0 amide bonds. The third kappa shape index (κ3) is 2.28. The molecule has 0 unspecified atom stereocenters. The molecule has 1 aromatic rings. The van der Waals surface area contributed by atoms with Crippen LogP contribution >= 0.6 is 11.6 Å². The Hall–Kier alpha value is -1.38. The molecule has 13 heavy (non-hydrogen) atoms. The molecule has 1 rings (SSSR count). The van der Waals surface area contributed by atoms with E-state index in [2.05, 4.69) is 4.99 Å². The van der Waals surface area contributed by atoms with Gasteiger partial charge in [-0.2, -0.15) is 0 Å². The molecule has 0 radical (unpaired) electrons. The maximum atomic E-state index is 12.9. The van der Waals surface area contributed by atoms with Crippen molar-refractivity contribution >= 4 is 17.7 Å². The monoisotopic (exact) mass is 201 g/mol. The van der Waals surface area contributed by atoms with Crippen molar-refractivity contribution in [3.05, 3.63) is 28.5 Å². The molecular formula is C8H5ClFNO2. The van der Waals surface area contributed by atoms with Gasteiger partial charge in [-0.05, 0) is 6.07 Å². The van der Waals surface area contributed by atoms with Crippen LogP contribution in [0.5, 0.6) is 5.75 Å². The largest absolute Gasteiger partial charge is 0.506 e. The highest BCUT2D eigenvalue weighted by Crippen LogP contribution is 2.26. The topological polar surface area (TPSA) is 49.7 Å². The highest BCUT2D eigenvalue weighted by molar-refractivity contribution is 6.32. The van der Waals surface area contributed by atoms with Crippen molar-refractivity contribution in [3.8, 4) is 5.75 Å². The van der Waals surface area contributed by atoms with Crippen LogP contribution in [0, 0.1) is 5.82 Å². The van der Waals surface area contributed by atoms with Crippen LogP contribution in [-0.4, -0.2) is 11.2 Å². The molecule has 0 aliphatic carbocycles. The summed E-state index contributed by atoms with van der Waals surface area (Å²) < 4.78 is 12.9. The van der Waals surface area contributed by atoms with E-state index in [1.807, 2.05) is 0 Å². The average Bonchev–Trinajstić information content (AvgIpc) is 2.09. The normalized spacial score (nSPS) is 9.38. The second kappa shape index (κ2) is 4.03. The van der Waals surface area contributed by atoms with Crippen LogP contribution in [0.4, 0.5) is 4.39 Å². The van der Waals surface area contributed by atoms with Crippen molar-refractivity contribution in [1.29, 1.82) is 0 Å². The molecule has 0 aliphatic rings. The minimum Gasteiger partial charge on any atom is -0.506 e. The van der Waals surface area contributed by atoms with Gasteiger partial charge in [0.15, 0.2) is 0 Å². The molecule has 1 N–H and O–H groups in total. The van der Waals surface area contributed by atoms with E-state index in [-0.39, 0.29) is 22.9 Å². The maximum absolute atomic E-state index is 12.9. The van der Waals surface area contributed by atoms with E-state index in [1.54, 1.807) is 0 Å². The summed E-state index contributed by atoms with van der Waals surface area (Å²) in [7, 11) is 0. The molecule has 0 heterocycles. The van der Waals surface area contributed by atoms with Gasteiger partial charge in [-0.25, -0.2) is 14.2 Å². The molecule has 0 fully saturated rings. The highest BCUT2D eigenvalue weighted by Gasteiger charge is 2.06. The van der Waals surface area contributed by atoms with Gasteiger partial charge < -0.3 is 5.11 Å². The summed E-state index contributed by atoms with van der Waals surface area (Å²) in [6.45, 7) is -0.130. The van der Waals surface area contributed by atoms with Gasteiger partial charge in [0, 0.05) is 11.6 Å². The number of phenolic OH excluding ortho intramolecular Hbond substituents is 1. The van der Waals surface area contributed by atoms with Crippen LogP contribution in [0.1, 0.15) is 5.56 Å². The fourth-order valence-electron chi connectivity index (χ4n) is 0.816. The number of nitrogens with zero attached hydrogens (tertiary/aromatic N) is 1. The second-order valence-corrected chi connectivity index (χ2v) is 2.71. The van der Waals surface area contributed by atoms with E-state index < -0.39 is 5.82 Å². The summed E-state index contributed by atoms with van der Waals surface area (Å²) in [5.41, 5.74) is 0.145. The van der Waals surface area contributed by atoms with Crippen LogP contribution in [-0.2, 0) is 11.3 Å². The van der Waals surface area contributed by atoms with Gasteiger partial charge >= 0.3 is 0 Å². The Kier molecular flexibility index (Phi) is 3.01. The van der Waals surface area contributed by atoms with Crippen molar-refractivity contribution in [2.24, 2.45) is 4.99 Å². The third-order valence-electron chi connectivity index (χ3n) is 1.43. The summed E-state index contributed by atoms with van der Waals surface area (Å²) in [6.07, 6.45) is 1.28. The molecule has 0 saturated heterocycles. The first-order valence-corrected chi connectivity index (χ1v) is 3.73. The zero-order chi connectivity index (χ0) is 9.84. The van der Waals surface area contributed by atoms with E-state index >= 15 is 0 Å². The Morgan fingerprint density at radius 2 is 2.31 bits per heavy atom. The van der Waals surface area contributed by atoms with Crippen LogP contribution < -0.4 is 0 Å². The molecule has 1 aromatic carbocycles. The number of hydrogen-bond donors (Lipinski definition) is 1. The standard InChI is InChI=1S/C8H5ClFNO2/c9-6-1-5(3-11-4-12)7(10)2-8(6)13/h1-2,13H,3H2. The molecule has 0 aromatic heterocycles. The molecule has 3 nitrogen and oxygen atoms in total. The number of halogens is 2. The van der Waals surface area contributed by atoms with Crippen LogP contribution in [0.15, 0.2) is 17.1 Å². The van der Waals surface area contributed by atoms with E-state index in [0.29, 0.717) is 0 Å². The molecule has 5 heteroatoms. The second-order valence-electron chi connectivity index (χ2n) is 2.30. The number of carbonyl (C=O) groups excluding carboxylic acids is 1. The quantitative estimate of drug-likeness (QED) is 0.588. The number of phenols is 1. The molecule has 0 atom stereocenters. The number of benzene rings is 1. The molecule has 0 spiro atoms. The third-order valence-corrected chi connectivity index (χ3v) is 1.73. The number of aliphatic imine (C=N–C) groups is 1. The first-order valence-electron chi connectivity index (χ1n) is 3.35. The van der Waals surface area contributed by atoms with Crippen LogP contribution in [0.2, 0.25) is 5.02 Å². The van der Waals surface area contributed by atoms with Gasteiger partial charge in [-0.15, -0.1) is 0 Å². The molecule has 68 valence electrons. The molecular weight excluding hydrogens is 197 g/mol. The van der Waals surface area contributed by atoms with E-state index in [9.17, 15) is 9.18 Å². The summed E-state index contributed by atoms with van der Waals surface area (Å²) in [4.78, 5) is 12.9. The fourth-order valence-corrected chi connectivity index (χ4v) is 1.00. The minimum atomic E-state index is -0.652. The van der Waals surface area contributed by atoms with Crippen molar-refractivity contribution in [1.82, 2.24) is 0 Å². The Bertz CT molecular complexity index is 375. The SMILES string of the molecule is O=C=NCc1cc(Cl)c(O)cc1F. The smallest absolute Gasteiger partial charge is 0.235 e. The molecule has 0 bridgehead atoms. The zero-order valence-electron chi connectivity index (χ0n) is 6.42. The predicted octanol–water partition coefficient (Wildman–Crippen LogP) is 2.02. The van der Waals surface area contributed by atoms with Gasteiger partial charge in [0.2, 0.25) is 6.08 Å². The lowest BCUT2D eigenvalue weighted by molar-refractivity contribution is 0.468. The number of hydrogen-bond acceptors (Lipinski definition) is 3. The first kappa shape index (κ1) is 9.71. The van der Waals surface area contributed by atoms with Gasteiger partial charge in [-0.1, -0.05) is 11.6 Å². The number of isocyanates is 1. The lowest BCUT2D eigenvalue weighted by Crippen LogP contribution is -1.88. The van der Waals surface area contributed by atoms with Gasteiger partial charge in [-0.3, -0.25) is 0 Å².